The van der Waals surface area contributed by atoms with Gasteiger partial charge in [-0.05, 0) is 47.0 Å². The Bertz CT molecular complexity index is 827. The van der Waals surface area contributed by atoms with Crippen LogP contribution in [0.3, 0.4) is 0 Å². The van der Waals surface area contributed by atoms with Crippen LogP contribution in [-0.4, -0.2) is 55.0 Å². The van der Waals surface area contributed by atoms with Gasteiger partial charge in [0, 0.05) is 25.0 Å². The van der Waals surface area contributed by atoms with E-state index < -0.39 is 28.0 Å². The van der Waals surface area contributed by atoms with Crippen LogP contribution < -0.4 is 0 Å². The Kier molecular flexibility index (Phi) is 6.69. The van der Waals surface area contributed by atoms with E-state index in [0.29, 0.717) is 24.2 Å². The molecule has 1 saturated heterocycles. The van der Waals surface area contributed by atoms with Gasteiger partial charge in [-0.3, -0.25) is 4.79 Å². The molecule has 0 unspecified atom stereocenters. The fourth-order valence-electron chi connectivity index (χ4n) is 3.46. The molecule has 0 spiro atoms. The molecule has 2 heterocycles. The minimum Gasteiger partial charge on any atom is -0.465 e. The molecular weight excluding hydrogens is 372 g/mol. The summed E-state index contributed by atoms with van der Waals surface area (Å²) < 4.78 is 40.0. The summed E-state index contributed by atoms with van der Waals surface area (Å²) in [5.74, 6) is -1.23. The minimum atomic E-state index is -4.09. The van der Waals surface area contributed by atoms with Crippen molar-refractivity contribution in [3.05, 3.63) is 17.0 Å². The normalized spacial score (nSPS) is 18.3. The standard InChI is InChI=1S/C18H28N2O6S/c1-6-25-17(21)14-10-8-9-11-20(14)27(23,24)16-13(4)19(5)12(3)15(16)18(22)26-7-2/h14H,6-11H2,1-5H3/t14-/m1/s1. The second-order valence-electron chi connectivity index (χ2n) is 6.53. The molecule has 0 aromatic carbocycles. The lowest BCUT2D eigenvalue weighted by Crippen LogP contribution is -2.48. The zero-order valence-electron chi connectivity index (χ0n) is 16.6. The number of hydrogen-bond donors (Lipinski definition) is 0. The lowest BCUT2D eigenvalue weighted by Gasteiger charge is -2.33. The summed E-state index contributed by atoms with van der Waals surface area (Å²) in [5.41, 5.74) is 0.975. The number of hydrogen-bond acceptors (Lipinski definition) is 6. The third-order valence-electron chi connectivity index (χ3n) is 4.98. The number of esters is 2. The van der Waals surface area contributed by atoms with E-state index in [9.17, 15) is 18.0 Å². The molecule has 0 aliphatic carbocycles. The number of nitrogens with zero attached hydrogens (tertiary/aromatic N) is 2. The third kappa shape index (κ3) is 3.89. The highest BCUT2D eigenvalue weighted by Crippen LogP contribution is 2.33. The first-order valence-corrected chi connectivity index (χ1v) is 10.6. The SMILES string of the molecule is CCOC(=O)c1c(S(=O)(=O)N2CCCC[C@@H]2C(=O)OCC)c(C)n(C)c1C. The topological polar surface area (TPSA) is 94.9 Å². The van der Waals surface area contributed by atoms with Crippen LogP contribution in [0.15, 0.2) is 4.90 Å². The summed E-state index contributed by atoms with van der Waals surface area (Å²) in [6.07, 6.45) is 1.79. The van der Waals surface area contributed by atoms with E-state index in [0.717, 1.165) is 6.42 Å². The Hall–Kier alpha value is -1.87. The molecule has 1 aromatic heterocycles. The van der Waals surface area contributed by atoms with Crippen LogP contribution in [0.1, 0.15) is 54.9 Å². The molecule has 1 aliphatic rings. The van der Waals surface area contributed by atoms with Crippen molar-refractivity contribution in [1.82, 2.24) is 8.87 Å². The average molecular weight is 400 g/mol. The van der Waals surface area contributed by atoms with Crippen LogP contribution >= 0.6 is 0 Å². The number of rotatable bonds is 6. The van der Waals surface area contributed by atoms with Crippen LogP contribution in [-0.2, 0) is 31.3 Å². The Labute approximate surface area is 160 Å². The number of carbonyl (C=O) groups excluding carboxylic acids is 2. The van der Waals surface area contributed by atoms with E-state index >= 15 is 0 Å². The van der Waals surface area contributed by atoms with Gasteiger partial charge in [-0.1, -0.05) is 0 Å². The Balaban J connectivity index is 2.59. The molecule has 9 heteroatoms. The van der Waals surface area contributed by atoms with Gasteiger partial charge in [0.25, 0.3) is 0 Å². The molecule has 1 fully saturated rings. The van der Waals surface area contributed by atoms with Crippen molar-refractivity contribution < 1.29 is 27.5 Å². The summed E-state index contributed by atoms with van der Waals surface area (Å²) >= 11 is 0. The van der Waals surface area contributed by atoms with Crippen molar-refractivity contribution in [3.8, 4) is 0 Å². The maximum absolute atomic E-state index is 13.5. The molecule has 1 aromatic rings. The van der Waals surface area contributed by atoms with E-state index in [1.54, 1.807) is 39.3 Å². The highest BCUT2D eigenvalue weighted by molar-refractivity contribution is 7.89. The second-order valence-corrected chi connectivity index (χ2v) is 8.36. The summed E-state index contributed by atoms with van der Waals surface area (Å²) in [5, 5.41) is 0. The van der Waals surface area contributed by atoms with Crippen LogP contribution in [0.5, 0.6) is 0 Å². The van der Waals surface area contributed by atoms with Crippen LogP contribution in [0.25, 0.3) is 0 Å². The second kappa shape index (κ2) is 8.43. The summed E-state index contributed by atoms with van der Waals surface area (Å²) in [4.78, 5) is 24.7. The van der Waals surface area contributed by atoms with Crippen molar-refractivity contribution in [2.45, 2.75) is 57.9 Å². The van der Waals surface area contributed by atoms with Crippen molar-refractivity contribution >= 4 is 22.0 Å². The number of ether oxygens (including phenoxy) is 2. The third-order valence-corrected chi connectivity index (χ3v) is 7.05. The van der Waals surface area contributed by atoms with Gasteiger partial charge in [-0.25, -0.2) is 13.2 Å². The fraction of sp³-hybridized carbons (Fsp3) is 0.667. The molecule has 1 aliphatic heterocycles. The smallest absolute Gasteiger partial charge is 0.341 e. The van der Waals surface area contributed by atoms with Crippen LogP contribution in [0.4, 0.5) is 0 Å². The van der Waals surface area contributed by atoms with E-state index in [-0.39, 0.29) is 30.2 Å². The number of piperidine rings is 1. The predicted octanol–water partition coefficient (Wildman–Crippen LogP) is 1.92. The van der Waals surface area contributed by atoms with Gasteiger partial charge in [0.1, 0.15) is 16.5 Å². The van der Waals surface area contributed by atoms with Crippen molar-refractivity contribution in [1.29, 1.82) is 0 Å². The van der Waals surface area contributed by atoms with Gasteiger partial charge in [-0.2, -0.15) is 4.31 Å². The molecule has 0 radical (unpaired) electrons. The van der Waals surface area contributed by atoms with Crippen LogP contribution in [0.2, 0.25) is 0 Å². The van der Waals surface area contributed by atoms with Gasteiger partial charge in [0.2, 0.25) is 10.0 Å². The largest absolute Gasteiger partial charge is 0.465 e. The molecule has 2 rings (SSSR count). The first-order valence-electron chi connectivity index (χ1n) is 9.19. The fourth-order valence-corrected chi connectivity index (χ4v) is 5.59. The zero-order valence-corrected chi connectivity index (χ0v) is 17.4. The average Bonchev–Trinajstić information content (AvgIpc) is 2.86. The molecule has 1 atom stereocenters. The molecule has 27 heavy (non-hydrogen) atoms. The van der Waals surface area contributed by atoms with E-state index in [1.165, 1.54) is 4.31 Å². The van der Waals surface area contributed by atoms with Gasteiger partial charge in [-0.15, -0.1) is 0 Å². The van der Waals surface area contributed by atoms with Gasteiger partial charge in [0.15, 0.2) is 0 Å². The zero-order chi connectivity index (χ0) is 20.4. The molecule has 0 N–H and O–H groups in total. The maximum Gasteiger partial charge on any atom is 0.341 e. The Morgan fingerprint density at radius 3 is 2.30 bits per heavy atom. The predicted molar refractivity (Wildman–Crippen MR) is 99.0 cm³/mol. The van der Waals surface area contributed by atoms with Crippen molar-refractivity contribution in [2.24, 2.45) is 7.05 Å². The molecule has 152 valence electrons. The monoisotopic (exact) mass is 400 g/mol. The summed E-state index contributed by atoms with van der Waals surface area (Å²) in [7, 11) is -2.39. The number of aromatic nitrogens is 1. The van der Waals surface area contributed by atoms with Crippen molar-refractivity contribution in [3.63, 3.8) is 0 Å². The van der Waals surface area contributed by atoms with Crippen LogP contribution in [0, 0.1) is 13.8 Å². The highest BCUT2D eigenvalue weighted by atomic mass is 32.2. The van der Waals surface area contributed by atoms with Crippen molar-refractivity contribution in [2.75, 3.05) is 19.8 Å². The van der Waals surface area contributed by atoms with E-state index in [2.05, 4.69) is 0 Å². The Morgan fingerprint density at radius 2 is 1.70 bits per heavy atom. The van der Waals surface area contributed by atoms with Gasteiger partial charge in [0.05, 0.1) is 13.2 Å². The minimum absolute atomic E-state index is 0.0324. The molecule has 0 saturated carbocycles. The molecular formula is C18H28N2O6S. The lowest BCUT2D eigenvalue weighted by atomic mass is 10.1. The quantitative estimate of drug-likeness (QED) is 0.677. The summed E-state index contributed by atoms with van der Waals surface area (Å²) in [6.45, 7) is 7.20. The van der Waals surface area contributed by atoms with Gasteiger partial charge >= 0.3 is 11.9 Å². The maximum atomic E-state index is 13.5. The Morgan fingerprint density at radius 1 is 1.07 bits per heavy atom. The molecule has 8 nitrogen and oxygen atoms in total. The first-order chi connectivity index (χ1) is 12.7. The first kappa shape index (κ1) is 21.4. The number of sulfonamides is 1. The highest BCUT2D eigenvalue weighted by Gasteiger charge is 2.42. The summed E-state index contributed by atoms with van der Waals surface area (Å²) in [6, 6.07) is -0.876. The number of carbonyl (C=O) groups is 2. The molecule has 0 bridgehead atoms. The van der Waals surface area contributed by atoms with E-state index in [1.807, 2.05) is 0 Å². The lowest BCUT2D eigenvalue weighted by molar-refractivity contribution is -0.148. The molecule has 0 amide bonds. The van der Waals surface area contributed by atoms with Gasteiger partial charge < -0.3 is 14.0 Å². The van der Waals surface area contributed by atoms with E-state index in [4.69, 9.17) is 9.47 Å².